The number of esters is 1. The van der Waals surface area contributed by atoms with Crippen molar-refractivity contribution in [2.24, 2.45) is 0 Å². The summed E-state index contributed by atoms with van der Waals surface area (Å²) in [5.41, 5.74) is 3.37. The molecule has 0 radical (unpaired) electrons. The van der Waals surface area contributed by atoms with Crippen LogP contribution in [0.3, 0.4) is 0 Å². The summed E-state index contributed by atoms with van der Waals surface area (Å²) < 4.78 is 13.0. The Hall–Kier alpha value is -3.23. The number of benzene rings is 1. The number of carbonyl (C=O) groups is 1. The van der Waals surface area contributed by atoms with Crippen molar-refractivity contribution >= 4 is 23.3 Å². The molecule has 0 spiro atoms. The topological polar surface area (TPSA) is 68.6 Å². The molecule has 7 nitrogen and oxygen atoms in total. The Balaban J connectivity index is 1.56. The molecule has 1 aromatic carbocycles. The van der Waals surface area contributed by atoms with Crippen LogP contribution in [0.2, 0.25) is 0 Å². The van der Waals surface area contributed by atoms with Gasteiger partial charge < -0.3 is 24.3 Å². The zero-order valence-electron chi connectivity index (χ0n) is 18.4. The van der Waals surface area contributed by atoms with Gasteiger partial charge in [-0.15, -0.1) is 0 Å². The minimum Gasteiger partial charge on any atom is -0.465 e. The number of ether oxygens (including phenoxy) is 2. The van der Waals surface area contributed by atoms with Gasteiger partial charge in [-0.05, 0) is 67.5 Å². The summed E-state index contributed by atoms with van der Waals surface area (Å²) in [6.45, 7) is 1.51. The maximum absolute atomic E-state index is 12.1. The lowest BCUT2D eigenvalue weighted by Gasteiger charge is -2.30. The van der Waals surface area contributed by atoms with Gasteiger partial charge in [-0.2, -0.15) is 0 Å². The molecule has 0 bridgehead atoms. The van der Waals surface area contributed by atoms with Crippen LogP contribution in [0.5, 0.6) is 0 Å². The first kappa shape index (κ1) is 21.6. The van der Waals surface area contributed by atoms with E-state index in [1.165, 1.54) is 7.11 Å². The molecule has 2 saturated heterocycles. The van der Waals surface area contributed by atoms with Crippen LogP contribution in [-0.4, -0.2) is 51.9 Å². The number of rotatable bonds is 6. The highest BCUT2D eigenvalue weighted by Crippen LogP contribution is 2.40. The summed E-state index contributed by atoms with van der Waals surface area (Å²) in [5.74, 6) is -0.361. The van der Waals surface area contributed by atoms with E-state index in [4.69, 9.17) is 21.7 Å². The summed E-state index contributed by atoms with van der Waals surface area (Å²) in [6.07, 6.45) is 6.07. The molecule has 1 N–H and O–H groups in total. The molecule has 33 heavy (non-hydrogen) atoms. The van der Waals surface area contributed by atoms with Crippen LogP contribution in [0.1, 0.15) is 46.7 Å². The third-order valence-corrected chi connectivity index (χ3v) is 6.60. The lowest BCUT2D eigenvalue weighted by Crippen LogP contribution is -2.36. The maximum atomic E-state index is 12.1. The zero-order chi connectivity index (χ0) is 22.8. The van der Waals surface area contributed by atoms with Crippen LogP contribution in [0.15, 0.2) is 67.0 Å². The first-order valence-corrected chi connectivity index (χ1v) is 11.5. The lowest BCUT2D eigenvalue weighted by atomic mass is 10.0. The summed E-state index contributed by atoms with van der Waals surface area (Å²) in [5, 5.41) is 4.20. The second-order valence-electron chi connectivity index (χ2n) is 8.26. The first-order chi connectivity index (χ1) is 16.2. The predicted molar refractivity (Wildman–Crippen MR) is 128 cm³/mol. The highest BCUT2D eigenvalue weighted by molar-refractivity contribution is 7.80. The van der Waals surface area contributed by atoms with Gasteiger partial charge in [0.2, 0.25) is 0 Å². The number of methoxy groups -OCH3 is 1. The van der Waals surface area contributed by atoms with Crippen molar-refractivity contribution in [3.05, 3.63) is 83.9 Å². The number of pyridine rings is 1. The van der Waals surface area contributed by atoms with Gasteiger partial charge in [0.1, 0.15) is 0 Å². The summed E-state index contributed by atoms with van der Waals surface area (Å²) in [4.78, 5) is 19.0. The van der Waals surface area contributed by atoms with Crippen LogP contribution >= 0.6 is 12.2 Å². The van der Waals surface area contributed by atoms with Crippen LogP contribution in [0.25, 0.3) is 5.69 Å². The molecule has 3 atom stereocenters. The van der Waals surface area contributed by atoms with Gasteiger partial charge in [-0.3, -0.25) is 4.98 Å². The Kier molecular flexibility index (Phi) is 6.11. The molecule has 0 saturated carbocycles. The van der Waals surface area contributed by atoms with Gasteiger partial charge in [0.15, 0.2) is 5.11 Å². The molecule has 0 aliphatic carbocycles. The molecule has 5 rings (SSSR count). The van der Waals surface area contributed by atoms with Crippen molar-refractivity contribution in [1.29, 1.82) is 0 Å². The van der Waals surface area contributed by atoms with Crippen LogP contribution in [0.4, 0.5) is 0 Å². The highest BCUT2D eigenvalue weighted by atomic mass is 32.1. The quantitative estimate of drug-likeness (QED) is 0.441. The van der Waals surface area contributed by atoms with Crippen molar-refractivity contribution in [2.75, 3.05) is 20.3 Å². The number of hydrogen-bond acceptors (Lipinski definition) is 5. The normalized spacial score (nSPS) is 22.4. The van der Waals surface area contributed by atoms with E-state index in [0.29, 0.717) is 17.2 Å². The third kappa shape index (κ3) is 4.24. The molecule has 2 fully saturated rings. The number of hydrogen-bond donors (Lipinski definition) is 1. The first-order valence-electron chi connectivity index (χ1n) is 11.1. The van der Waals surface area contributed by atoms with Crippen molar-refractivity contribution in [3.8, 4) is 5.69 Å². The standard InChI is InChI=1S/C25H26N4O3S/c1-31-24(30)17-7-4-8-18(15-17)28-13-5-11-21(28)23-22(20-10-2-3-12-26-20)27-25(33)29(23)16-19-9-6-14-32-19/h2-5,7-8,10-13,15,19,22-23H,6,9,14,16H2,1H3,(H,27,33)/t19-,22+,23+/m0/s1. The van der Waals surface area contributed by atoms with E-state index in [-0.39, 0.29) is 24.2 Å². The largest absolute Gasteiger partial charge is 0.465 e. The molecule has 2 aliphatic rings. The minimum absolute atomic E-state index is 0.0895. The summed E-state index contributed by atoms with van der Waals surface area (Å²) >= 11 is 5.79. The average Bonchev–Trinajstić information content (AvgIpc) is 3.61. The van der Waals surface area contributed by atoms with Gasteiger partial charge in [-0.25, -0.2) is 4.79 Å². The molecular weight excluding hydrogens is 436 g/mol. The second-order valence-corrected chi connectivity index (χ2v) is 8.65. The van der Waals surface area contributed by atoms with E-state index in [0.717, 1.165) is 36.5 Å². The molecule has 3 aromatic rings. The summed E-state index contributed by atoms with van der Waals surface area (Å²) in [7, 11) is 1.39. The van der Waals surface area contributed by atoms with Crippen molar-refractivity contribution in [2.45, 2.75) is 31.0 Å². The Bertz CT molecular complexity index is 1140. The van der Waals surface area contributed by atoms with Gasteiger partial charge in [0, 0.05) is 36.9 Å². The second kappa shape index (κ2) is 9.33. The number of nitrogens with one attached hydrogen (secondary N) is 1. The Morgan fingerprint density at radius 1 is 1.24 bits per heavy atom. The molecule has 170 valence electrons. The maximum Gasteiger partial charge on any atom is 0.337 e. The van der Waals surface area contributed by atoms with Gasteiger partial charge in [0.25, 0.3) is 0 Å². The molecular formula is C25H26N4O3S. The lowest BCUT2D eigenvalue weighted by molar-refractivity contribution is 0.0600. The fourth-order valence-corrected chi connectivity index (χ4v) is 5.02. The monoisotopic (exact) mass is 462 g/mol. The molecule has 0 unspecified atom stereocenters. The van der Waals surface area contributed by atoms with Crippen LogP contribution in [0, 0.1) is 0 Å². The van der Waals surface area contributed by atoms with E-state index in [1.807, 2.05) is 48.7 Å². The number of nitrogens with zero attached hydrogens (tertiary/aromatic N) is 3. The molecule has 8 heteroatoms. The molecule has 2 aromatic heterocycles. The zero-order valence-corrected chi connectivity index (χ0v) is 19.2. The minimum atomic E-state index is -0.361. The number of aromatic nitrogens is 2. The van der Waals surface area contributed by atoms with Crippen LogP contribution in [-0.2, 0) is 9.47 Å². The van der Waals surface area contributed by atoms with Gasteiger partial charge >= 0.3 is 5.97 Å². The van der Waals surface area contributed by atoms with E-state index in [1.54, 1.807) is 12.3 Å². The smallest absolute Gasteiger partial charge is 0.337 e. The SMILES string of the molecule is COC(=O)c1cccc(-n2cccc2[C@@H]2[C@@H](c3ccccn3)NC(=S)N2C[C@@H]2CCCO2)c1. The molecule has 0 amide bonds. The van der Waals surface area contributed by atoms with Crippen molar-refractivity contribution < 1.29 is 14.3 Å². The molecule has 2 aliphatic heterocycles. The van der Waals surface area contributed by atoms with E-state index in [2.05, 4.69) is 25.8 Å². The fourth-order valence-electron chi connectivity index (χ4n) is 4.70. The molecule has 4 heterocycles. The summed E-state index contributed by atoms with van der Waals surface area (Å²) in [6, 6.07) is 17.3. The van der Waals surface area contributed by atoms with Crippen molar-refractivity contribution in [3.63, 3.8) is 0 Å². The number of carbonyl (C=O) groups excluding carboxylic acids is 1. The Morgan fingerprint density at radius 2 is 2.15 bits per heavy atom. The Morgan fingerprint density at radius 3 is 2.91 bits per heavy atom. The highest BCUT2D eigenvalue weighted by Gasteiger charge is 2.42. The van der Waals surface area contributed by atoms with Crippen molar-refractivity contribution in [1.82, 2.24) is 19.8 Å². The van der Waals surface area contributed by atoms with Gasteiger partial charge in [0.05, 0.1) is 36.6 Å². The fraction of sp³-hybridized carbons (Fsp3) is 0.320. The third-order valence-electron chi connectivity index (χ3n) is 6.25. The number of thiocarbonyl (C=S) groups is 1. The van der Waals surface area contributed by atoms with E-state index < -0.39 is 0 Å². The van der Waals surface area contributed by atoms with E-state index >= 15 is 0 Å². The van der Waals surface area contributed by atoms with Crippen LogP contribution < -0.4 is 5.32 Å². The predicted octanol–water partition coefficient (Wildman–Crippen LogP) is 3.81. The average molecular weight is 463 g/mol. The van der Waals surface area contributed by atoms with E-state index in [9.17, 15) is 4.79 Å². The van der Waals surface area contributed by atoms with Gasteiger partial charge in [-0.1, -0.05) is 12.1 Å². The Labute approximate surface area is 198 Å².